The van der Waals surface area contributed by atoms with Gasteiger partial charge in [0.15, 0.2) is 0 Å². The van der Waals surface area contributed by atoms with Crippen LogP contribution in [0.5, 0.6) is 0 Å². The van der Waals surface area contributed by atoms with Gasteiger partial charge in [-0.05, 0) is 24.3 Å². The first kappa shape index (κ1) is 9.99. The fraction of sp³-hybridized carbons (Fsp3) is 0. The Morgan fingerprint density at radius 2 is 1.69 bits per heavy atom. The van der Waals surface area contributed by atoms with E-state index in [1.807, 2.05) is 0 Å². The number of hydrogen-bond acceptors (Lipinski definition) is 3. The minimum atomic E-state index is -0.439. The molecule has 0 saturated heterocycles. The zero-order valence-electron chi connectivity index (χ0n) is 8.31. The first-order valence-electron chi connectivity index (χ1n) is 4.60. The number of allylic oxidation sites excluding steroid dienone is 8. The molecule has 0 atom stereocenters. The van der Waals surface area contributed by atoms with Gasteiger partial charge in [0.1, 0.15) is 0 Å². The molecule has 0 aliphatic heterocycles. The molecule has 2 aliphatic rings. The van der Waals surface area contributed by atoms with E-state index < -0.39 is 4.92 Å². The number of nitro groups is 1. The lowest BCUT2D eigenvalue weighted by atomic mass is 10.3. The third-order valence-electron chi connectivity index (χ3n) is 2.08. The molecule has 4 nitrogen and oxygen atoms in total. The summed E-state index contributed by atoms with van der Waals surface area (Å²) in [5, 5.41) is 10.4. The summed E-state index contributed by atoms with van der Waals surface area (Å²) >= 11 is 0. The minimum Gasteiger partial charge on any atom is -0.399 e. The summed E-state index contributed by atoms with van der Waals surface area (Å²) in [5.41, 5.74) is 13.4. The smallest absolute Gasteiger partial charge is 0.270 e. The van der Waals surface area contributed by atoms with E-state index in [0.717, 1.165) is 5.57 Å². The molecular weight excluding hydrogens is 204 g/mol. The van der Waals surface area contributed by atoms with Crippen molar-refractivity contribution >= 4 is 0 Å². The largest absolute Gasteiger partial charge is 0.399 e. The van der Waals surface area contributed by atoms with Gasteiger partial charge >= 0.3 is 0 Å². The molecule has 0 aromatic heterocycles. The molecule has 78 valence electrons. The molecule has 2 aliphatic carbocycles. The van der Waals surface area contributed by atoms with Crippen LogP contribution in [0, 0.1) is 10.1 Å². The predicted molar refractivity (Wildman–Crippen MR) is 59.7 cm³/mol. The quantitative estimate of drug-likeness (QED) is 0.409. The summed E-state index contributed by atoms with van der Waals surface area (Å²) in [6.07, 6.45) is 9.82. The van der Waals surface area contributed by atoms with E-state index in [1.54, 1.807) is 24.3 Å². The molecule has 2 rings (SSSR count). The van der Waals surface area contributed by atoms with Crippen molar-refractivity contribution in [3.63, 3.8) is 0 Å². The monoisotopic (exact) mass is 212 g/mol. The fourth-order valence-electron chi connectivity index (χ4n) is 1.31. The molecule has 0 aromatic carbocycles. The summed E-state index contributed by atoms with van der Waals surface area (Å²) in [5.74, 6) is 0. The van der Waals surface area contributed by atoms with Crippen LogP contribution in [0.3, 0.4) is 0 Å². The maximum absolute atomic E-state index is 10.4. The maximum Gasteiger partial charge on any atom is 0.270 e. The average Bonchev–Trinajstić information content (AvgIpc) is 2.83. The van der Waals surface area contributed by atoms with Crippen molar-refractivity contribution in [2.45, 2.75) is 0 Å². The van der Waals surface area contributed by atoms with Crippen molar-refractivity contribution in [1.82, 2.24) is 0 Å². The van der Waals surface area contributed by atoms with Crippen molar-refractivity contribution in [1.29, 1.82) is 0 Å². The second-order valence-electron chi connectivity index (χ2n) is 3.30. The minimum absolute atomic E-state index is 0.0614. The van der Waals surface area contributed by atoms with Crippen molar-refractivity contribution in [3.8, 4) is 0 Å². The van der Waals surface area contributed by atoms with E-state index in [4.69, 9.17) is 5.73 Å². The number of nitrogens with two attached hydrogens (primary N) is 1. The molecule has 0 heterocycles. The Morgan fingerprint density at radius 1 is 1.06 bits per heavy atom. The summed E-state index contributed by atoms with van der Waals surface area (Å²) in [7, 11) is 0. The molecule has 0 fully saturated rings. The van der Waals surface area contributed by atoms with Gasteiger partial charge in [0, 0.05) is 29.0 Å². The van der Waals surface area contributed by atoms with Crippen LogP contribution in [-0.2, 0) is 0 Å². The molecule has 0 aromatic rings. The van der Waals surface area contributed by atoms with E-state index in [1.165, 1.54) is 12.2 Å². The Labute approximate surface area is 91.9 Å². The van der Waals surface area contributed by atoms with Crippen LogP contribution in [0.25, 0.3) is 0 Å². The van der Waals surface area contributed by atoms with Crippen LogP contribution >= 0.6 is 0 Å². The second-order valence-corrected chi connectivity index (χ2v) is 3.30. The topological polar surface area (TPSA) is 69.2 Å². The zero-order chi connectivity index (χ0) is 11.5. The highest BCUT2D eigenvalue weighted by Crippen LogP contribution is 2.14. The molecule has 0 radical (unpaired) electrons. The first-order valence-corrected chi connectivity index (χ1v) is 4.60. The molecule has 16 heavy (non-hydrogen) atoms. The highest BCUT2D eigenvalue weighted by molar-refractivity contribution is 5.46. The standard InChI is InChI=1S/C12H8N2O2/c13-11-5-3-9(7-11)1-2-10-4-6-12(8-10)14(15)16/h3-8H,13H2. The second kappa shape index (κ2) is 3.91. The van der Waals surface area contributed by atoms with E-state index in [0.29, 0.717) is 11.3 Å². The molecule has 0 saturated carbocycles. The van der Waals surface area contributed by atoms with Crippen molar-refractivity contribution in [2.75, 3.05) is 0 Å². The Hall–Kier alpha value is -2.54. The van der Waals surface area contributed by atoms with Crippen molar-refractivity contribution in [2.24, 2.45) is 5.73 Å². The summed E-state index contributed by atoms with van der Waals surface area (Å²) in [4.78, 5) is 9.99. The van der Waals surface area contributed by atoms with Gasteiger partial charge in [-0.25, -0.2) is 0 Å². The van der Waals surface area contributed by atoms with Gasteiger partial charge in [-0.15, -0.1) is 0 Å². The lowest BCUT2D eigenvalue weighted by Gasteiger charge is -1.81. The average molecular weight is 212 g/mol. The van der Waals surface area contributed by atoms with Crippen molar-refractivity contribution in [3.05, 3.63) is 80.6 Å². The van der Waals surface area contributed by atoms with Crippen LogP contribution < -0.4 is 5.73 Å². The van der Waals surface area contributed by atoms with Crippen LogP contribution in [0.15, 0.2) is 70.5 Å². The molecule has 4 heteroatoms. The molecule has 2 N–H and O–H groups in total. The molecule has 0 amide bonds. The first-order chi connectivity index (χ1) is 7.65. The van der Waals surface area contributed by atoms with Crippen LogP contribution in [0.2, 0.25) is 0 Å². The van der Waals surface area contributed by atoms with E-state index in [2.05, 4.69) is 11.5 Å². The summed E-state index contributed by atoms with van der Waals surface area (Å²) in [6.45, 7) is 0. The number of hydrogen-bond donors (Lipinski definition) is 1. The Kier molecular flexibility index (Phi) is 2.44. The van der Waals surface area contributed by atoms with E-state index >= 15 is 0 Å². The van der Waals surface area contributed by atoms with Gasteiger partial charge in [0.05, 0.1) is 4.92 Å². The molecular formula is C12H8N2O2. The van der Waals surface area contributed by atoms with Crippen LogP contribution in [-0.4, -0.2) is 4.92 Å². The third-order valence-corrected chi connectivity index (χ3v) is 2.08. The van der Waals surface area contributed by atoms with Gasteiger partial charge in [-0.1, -0.05) is 11.5 Å². The number of rotatable bonds is 1. The van der Waals surface area contributed by atoms with Crippen molar-refractivity contribution < 1.29 is 4.92 Å². The van der Waals surface area contributed by atoms with E-state index in [9.17, 15) is 10.1 Å². The van der Waals surface area contributed by atoms with Gasteiger partial charge in [0.25, 0.3) is 5.70 Å². The molecule has 0 bridgehead atoms. The van der Waals surface area contributed by atoms with Crippen LogP contribution in [0.4, 0.5) is 0 Å². The van der Waals surface area contributed by atoms with Gasteiger partial charge < -0.3 is 5.73 Å². The molecule has 0 unspecified atom stereocenters. The van der Waals surface area contributed by atoms with Crippen LogP contribution in [0.1, 0.15) is 0 Å². The Balaban J connectivity index is 2.36. The Morgan fingerprint density at radius 3 is 2.19 bits per heavy atom. The fourth-order valence-corrected chi connectivity index (χ4v) is 1.31. The lowest BCUT2D eigenvalue weighted by Crippen LogP contribution is -1.91. The predicted octanol–water partition coefficient (Wildman–Crippen LogP) is 1.74. The summed E-state index contributed by atoms with van der Waals surface area (Å²) < 4.78 is 0. The summed E-state index contributed by atoms with van der Waals surface area (Å²) in [6, 6.07) is 0. The third kappa shape index (κ3) is 2.10. The lowest BCUT2D eigenvalue weighted by molar-refractivity contribution is -0.418. The number of nitrogens with zero attached hydrogens (tertiary/aromatic N) is 1. The van der Waals surface area contributed by atoms with Gasteiger partial charge in [-0.3, -0.25) is 10.1 Å². The highest BCUT2D eigenvalue weighted by Gasteiger charge is 2.11. The van der Waals surface area contributed by atoms with Gasteiger partial charge in [-0.2, -0.15) is 0 Å². The zero-order valence-corrected chi connectivity index (χ0v) is 8.31. The SMILES string of the molecule is NC1=CC(=C=C=C2C=CC([N+](=O)[O-])=C2)C=C1. The normalized spacial score (nSPS) is 17.0. The highest BCUT2D eigenvalue weighted by atomic mass is 16.6. The maximum atomic E-state index is 10.4. The van der Waals surface area contributed by atoms with Gasteiger partial charge in [0.2, 0.25) is 0 Å². The molecule has 0 spiro atoms. The van der Waals surface area contributed by atoms with E-state index in [-0.39, 0.29) is 5.70 Å². The Bertz CT molecular complexity index is 576.